The first-order valence-corrected chi connectivity index (χ1v) is 6.45. The molecule has 0 spiro atoms. The number of aliphatic hydroxyl groups excluding tert-OH is 1. The molecule has 0 fully saturated rings. The molecule has 0 aliphatic carbocycles. The van der Waals surface area contributed by atoms with Gasteiger partial charge in [-0.05, 0) is 29.8 Å². The highest BCUT2D eigenvalue weighted by Gasteiger charge is 2.03. The zero-order valence-electron chi connectivity index (χ0n) is 11.3. The van der Waals surface area contributed by atoms with Gasteiger partial charge in [0.2, 0.25) is 0 Å². The van der Waals surface area contributed by atoms with Crippen LogP contribution in [0.5, 0.6) is 5.75 Å². The first-order chi connectivity index (χ1) is 10.2. The Kier molecular flexibility index (Phi) is 5.30. The van der Waals surface area contributed by atoms with Gasteiger partial charge in [-0.15, -0.1) is 0 Å². The van der Waals surface area contributed by atoms with Crippen molar-refractivity contribution in [1.82, 2.24) is 0 Å². The highest BCUT2D eigenvalue weighted by molar-refractivity contribution is 5.39. The molecule has 0 aliphatic rings. The first kappa shape index (κ1) is 15.0. The number of ether oxygens (including phenoxy) is 1. The normalized spacial score (nSPS) is 9.86. The SMILES string of the molecule is OCCC#Cc1ccc(OCc2cccc(F)c2)cc1F. The Hall–Kier alpha value is -2.38. The molecule has 0 bridgehead atoms. The van der Waals surface area contributed by atoms with Gasteiger partial charge in [0.25, 0.3) is 0 Å². The average molecular weight is 288 g/mol. The van der Waals surface area contributed by atoms with E-state index in [1.54, 1.807) is 18.2 Å². The lowest BCUT2D eigenvalue weighted by atomic mass is 10.2. The van der Waals surface area contributed by atoms with Crippen LogP contribution in [0.2, 0.25) is 0 Å². The molecule has 2 aromatic rings. The third-order valence-electron chi connectivity index (χ3n) is 2.69. The molecule has 2 nitrogen and oxygen atoms in total. The van der Waals surface area contributed by atoms with Gasteiger partial charge in [0.15, 0.2) is 0 Å². The lowest BCUT2D eigenvalue weighted by molar-refractivity contribution is 0.304. The molecule has 4 heteroatoms. The second-order valence-corrected chi connectivity index (χ2v) is 4.34. The van der Waals surface area contributed by atoms with E-state index in [1.165, 1.54) is 24.3 Å². The lowest BCUT2D eigenvalue weighted by Crippen LogP contribution is -1.97. The van der Waals surface area contributed by atoms with E-state index in [2.05, 4.69) is 11.8 Å². The Labute approximate surface area is 122 Å². The number of halogens is 2. The van der Waals surface area contributed by atoms with Gasteiger partial charge >= 0.3 is 0 Å². The van der Waals surface area contributed by atoms with Crippen LogP contribution >= 0.6 is 0 Å². The van der Waals surface area contributed by atoms with E-state index in [9.17, 15) is 8.78 Å². The molecule has 21 heavy (non-hydrogen) atoms. The molecule has 0 aliphatic heterocycles. The van der Waals surface area contributed by atoms with E-state index < -0.39 is 5.82 Å². The van der Waals surface area contributed by atoms with Crippen molar-refractivity contribution in [3.63, 3.8) is 0 Å². The van der Waals surface area contributed by atoms with Gasteiger partial charge in [-0.2, -0.15) is 0 Å². The third-order valence-corrected chi connectivity index (χ3v) is 2.69. The van der Waals surface area contributed by atoms with Crippen LogP contribution in [0, 0.1) is 23.5 Å². The summed E-state index contributed by atoms with van der Waals surface area (Å²) in [6.07, 6.45) is 0.303. The van der Waals surface area contributed by atoms with Crippen LogP contribution < -0.4 is 4.74 Å². The Morgan fingerprint density at radius 1 is 1.10 bits per heavy atom. The van der Waals surface area contributed by atoms with Gasteiger partial charge in [0, 0.05) is 12.5 Å². The molecule has 0 saturated heterocycles. The van der Waals surface area contributed by atoms with Crippen LogP contribution in [0.1, 0.15) is 17.5 Å². The smallest absolute Gasteiger partial charge is 0.142 e. The van der Waals surface area contributed by atoms with E-state index >= 15 is 0 Å². The molecule has 0 aromatic heterocycles. The molecule has 0 amide bonds. The monoisotopic (exact) mass is 288 g/mol. The van der Waals surface area contributed by atoms with Gasteiger partial charge in [0.1, 0.15) is 24.0 Å². The summed E-state index contributed by atoms with van der Waals surface area (Å²) in [4.78, 5) is 0. The van der Waals surface area contributed by atoms with Crippen molar-refractivity contribution in [2.24, 2.45) is 0 Å². The van der Waals surface area contributed by atoms with Gasteiger partial charge in [0.05, 0.1) is 12.2 Å². The van der Waals surface area contributed by atoms with E-state index in [4.69, 9.17) is 9.84 Å². The molecular weight excluding hydrogens is 274 g/mol. The summed E-state index contributed by atoms with van der Waals surface area (Å²) in [7, 11) is 0. The minimum absolute atomic E-state index is 0.0521. The van der Waals surface area contributed by atoms with Crippen molar-refractivity contribution in [1.29, 1.82) is 0 Å². The van der Waals surface area contributed by atoms with Crippen LogP contribution in [0.4, 0.5) is 8.78 Å². The first-order valence-electron chi connectivity index (χ1n) is 6.45. The summed E-state index contributed by atoms with van der Waals surface area (Å²) in [6.45, 7) is 0.107. The summed E-state index contributed by atoms with van der Waals surface area (Å²) < 4.78 is 32.2. The fourth-order valence-corrected chi connectivity index (χ4v) is 1.69. The van der Waals surface area contributed by atoms with Crippen molar-refractivity contribution >= 4 is 0 Å². The third kappa shape index (κ3) is 4.59. The number of hydrogen-bond donors (Lipinski definition) is 1. The summed E-state index contributed by atoms with van der Waals surface area (Å²) in [5, 5.41) is 8.61. The molecule has 0 unspecified atom stereocenters. The largest absolute Gasteiger partial charge is 0.489 e. The maximum atomic E-state index is 13.8. The van der Waals surface area contributed by atoms with E-state index in [0.717, 1.165) is 0 Å². The summed E-state index contributed by atoms with van der Waals surface area (Å²) in [5.41, 5.74) is 0.920. The van der Waals surface area contributed by atoms with Crippen LogP contribution in [0.3, 0.4) is 0 Å². The quantitative estimate of drug-likeness (QED) is 0.875. The number of hydrogen-bond acceptors (Lipinski definition) is 2. The maximum Gasteiger partial charge on any atom is 0.142 e. The Morgan fingerprint density at radius 3 is 2.67 bits per heavy atom. The van der Waals surface area contributed by atoms with Crippen LogP contribution in [-0.2, 0) is 6.61 Å². The van der Waals surface area contributed by atoms with Crippen LogP contribution in [-0.4, -0.2) is 11.7 Å². The van der Waals surface area contributed by atoms with Crippen molar-refractivity contribution in [3.8, 4) is 17.6 Å². The highest BCUT2D eigenvalue weighted by Crippen LogP contribution is 2.17. The van der Waals surface area contributed by atoms with Crippen molar-refractivity contribution < 1.29 is 18.6 Å². The average Bonchev–Trinajstić information content (AvgIpc) is 2.47. The van der Waals surface area contributed by atoms with E-state index in [-0.39, 0.29) is 24.6 Å². The van der Waals surface area contributed by atoms with Gasteiger partial charge < -0.3 is 9.84 Å². The van der Waals surface area contributed by atoms with Gasteiger partial charge in [-0.25, -0.2) is 8.78 Å². The second-order valence-electron chi connectivity index (χ2n) is 4.34. The van der Waals surface area contributed by atoms with Crippen molar-refractivity contribution in [2.45, 2.75) is 13.0 Å². The fourth-order valence-electron chi connectivity index (χ4n) is 1.69. The Balaban J connectivity index is 2.02. The van der Waals surface area contributed by atoms with E-state index in [1.807, 2.05) is 0 Å². The van der Waals surface area contributed by atoms with Gasteiger partial charge in [-0.1, -0.05) is 24.0 Å². The molecule has 0 saturated carbocycles. The topological polar surface area (TPSA) is 29.5 Å². The number of rotatable bonds is 4. The Morgan fingerprint density at radius 2 is 1.95 bits per heavy atom. The molecule has 0 atom stereocenters. The molecule has 0 radical (unpaired) electrons. The fraction of sp³-hybridized carbons (Fsp3) is 0.176. The van der Waals surface area contributed by atoms with Gasteiger partial charge in [-0.3, -0.25) is 0 Å². The molecule has 2 aromatic carbocycles. The van der Waals surface area contributed by atoms with Crippen molar-refractivity contribution in [3.05, 3.63) is 65.2 Å². The number of benzene rings is 2. The number of aliphatic hydroxyl groups is 1. The van der Waals surface area contributed by atoms with Crippen molar-refractivity contribution in [2.75, 3.05) is 6.61 Å². The standard InChI is InChI=1S/C17H14F2O2/c18-15-6-3-4-13(10-15)12-21-16-8-7-14(17(19)11-16)5-1-2-9-20/h3-4,6-8,10-11,20H,2,9,12H2. The molecule has 108 valence electrons. The Bertz CT molecular complexity index is 672. The van der Waals surface area contributed by atoms with E-state index in [0.29, 0.717) is 17.7 Å². The molecule has 2 rings (SSSR count). The molecular formula is C17H14F2O2. The maximum absolute atomic E-state index is 13.8. The predicted octanol–water partition coefficient (Wildman–Crippen LogP) is 3.28. The zero-order valence-corrected chi connectivity index (χ0v) is 11.3. The molecule has 1 N–H and O–H groups in total. The lowest BCUT2D eigenvalue weighted by Gasteiger charge is -2.07. The van der Waals surface area contributed by atoms with Crippen LogP contribution in [0.15, 0.2) is 42.5 Å². The summed E-state index contributed by atoms with van der Waals surface area (Å²) in [5.74, 6) is 4.81. The molecule has 0 heterocycles. The second kappa shape index (κ2) is 7.41. The summed E-state index contributed by atoms with van der Waals surface area (Å²) >= 11 is 0. The minimum atomic E-state index is -0.489. The summed E-state index contributed by atoms with van der Waals surface area (Å²) in [6, 6.07) is 10.4. The minimum Gasteiger partial charge on any atom is -0.489 e. The van der Waals surface area contributed by atoms with Crippen LogP contribution in [0.25, 0.3) is 0 Å². The highest BCUT2D eigenvalue weighted by atomic mass is 19.1. The predicted molar refractivity (Wildman–Crippen MR) is 75.7 cm³/mol. The zero-order chi connectivity index (χ0) is 15.1.